The quantitative estimate of drug-likeness (QED) is 0.318. The Bertz CT molecular complexity index is 1660. The van der Waals surface area contributed by atoms with Gasteiger partial charge in [0, 0.05) is 9.86 Å². The molecule has 1 aliphatic rings. The van der Waals surface area contributed by atoms with Gasteiger partial charge in [-0.3, -0.25) is 19.4 Å². The van der Waals surface area contributed by atoms with Gasteiger partial charge in [-0.05, 0) is 48.2 Å². The number of nitrogens with one attached hydrogen (secondary N) is 1. The molecule has 0 atom stereocenters. The second-order valence-electron chi connectivity index (χ2n) is 7.66. The first-order chi connectivity index (χ1) is 16.3. The first kappa shape index (κ1) is 21.5. The Balaban J connectivity index is 1.62. The fourth-order valence-electron chi connectivity index (χ4n) is 3.93. The molecule has 0 aliphatic carbocycles. The molecule has 0 spiro atoms. The molecule has 4 aromatic rings. The van der Waals surface area contributed by atoms with Crippen molar-refractivity contribution in [3.05, 3.63) is 102 Å². The molecule has 2 N–H and O–H groups in total. The van der Waals surface area contributed by atoms with Gasteiger partial charge in [0.1, 0.15) is 5.56 Å². The Labute approximate surface area is 199 Å². The van der Waals surface area contributed by atoms with Crippen LogP contribution in [-0.2, 0) is 0 Å². The first-order valence-corrected chi connectivity index (χ1v) is 10.9. The first-order valence-electron chi connectivity index (χ1n) is 10.1. The summed E-state index contributed by atoms with van der Waals surface area (Å²) in [5.74, 6) is -2.04. The number of nitrogens with zero attached hydrogens (tertiary/aromatic N) is 3. The Morgan fingerprint density at radius 2 is 1.68 bits per heavy atom. The molecule has 5 rings (SSSR count). The number of aryl methyl sites for hydroxylation is 1. The monoisotopic (exact) mass is 518 g/mol. The number of hydrogen-bond donors (Lipinski definition) is 2. The molecule has 2 amide bonds. The Kier molecular flexibility index (Phi) is 5.02. The minimum Gasteiger partial charge on any atom is -0.493 e. The Morgan fingerprint density at radius 3 is 2.41 bits per heavy atom. The van der Waals surface area contributed by atoms with Crippen LogP contribution in [0.15, 0.2) is 73.8 Å². The fraction of sp³-hybridized carbons (Fsp3) is 0.0417. The number of halogens is 1. The zero-order chi connectivity index (χ0) is 24.1. The highest BCUT2D eigenvalue weighted by molar-refractivity contribution is 9.10. The minimum atomic E-state index is -0.918. The van der Waals surface area contributed by atoms with Gasteiger partial charge in [-0.2, -0.15) is 10.1 Å². The Hall–Kier alpha value is -4.31. The molecule has 0 bridgehead atoms. The summed E-state index contributed by atoms with van der Waals surface area (Å²) in [6.45, 7) is 1.81. The van der Waals surface area contributed by atoms with Crippen molar-refractivity contribution in [1.82, 2.24) is 14.6 Å². The highest BCUT2D eigenvalue weighted by Gasteiger charge is 2.33. The van der Waals surface area contributed by atoms with Gasteiger partial charge in [0.2, 0.25) is 5.88 Å². The third kappa shape index (κ3) is 3.27. The normalized spacial score (nSPS) is 13.3. The van der Waals surface area contributed by atoms with E-state index in [0.29, 0.717) is 21.5 Å². The molecule has 9 nitrogen and oxygen atoms in total. The number of aromatic amines is 1. The third-order valence-electron chi connectivity index (χ3n) is 5.52. The van der Waals surface area contributed by atoms with Crippen LogP contribution in [-0.4, -0.2) is 37.7 Å². The van der Waals surface area contributed by atoms with Gasteiger partial charge in [-0.15, -0.1) is 0 Å². The summed E-state index contributed by atoms with van der Waals surface area (Å²) >= 11 is 3.43. The topological polar surface area (TPSA) is 125 Å². The maximum Gasteiger partial charge on any atom is 0.335 e. The maximum atomic E-state index is 13.1. The van der Waals surface area contributed by atoms with E-state index in [2.05, 4.69) is 26.0 Å². The van der Waals surface area contributed by atoms with E-state index in [1.165, 1.54) is 0 Å². The standard InChI is InChI=1S/C24H15BrN4O5/c1-12-4-2-5-13(10-12)28-21(31)17(20(30)27-24(28)34)11-26-29-22(32)15-7-3-6-14-18(25)9-8-16(19(14)15)23(29)33/h2-11,31H,1H3,(H,27,30,34). The number of aromatic nitrogens is 2. The van der Waals surface area contributed by atoms with Crippen molar-refractivity contribution in [3.63, 3.8) is 0 Å². The molecule has 0 unspecified atom stereocenters. The molecule has 168 valence electrons. The van der Waals surface area contributed by atoms with E-state index in [4.69, 9.17) is 0 Å². The van der Waals surface area contributed by atoms with Crippen LogP contribution in [0, 0.1) is 6.92 Å². The van der Waals surface area contributed by atoms with E-state index in [-0.39, 0.29) is 16.7 Å². The second-order valence-corrected chi connectivity index (χ2v) is 8.52. The smallest absolute Gasteiger partial charge is 0.335 e. The van der Waals surface area contributed by atoms with Gasteiger partial charge in [0.05, 0.1) is 23.0 Å². The van der Waals surface area contributed by atoms with Crippen molar-refractivity contribution in [1.29, 1.82) is 0 Å². The summed E-state index contributed by atoms with van der Waals surface area (Å²) in [6.07, 6.45) is 0.889. The van der Waals surface area contributed by atoms with E-state index in [9.17, 15) is 24.3 Å². The molecule has 34 heavy (non-hydrogen) atoms. The van der Waals surface area contributed by atoms with Crippen molar-refractivity contribution >= 4 is 44.7 Å². The number of H-pyrrole nitrogens is 1. The summed E-state index contributed by atoms with van der Waals surface area (Å²) in [7, 11) is 0. The summed E-state index contributed by atoms with van der Waals surface area (Å²) in [5, 5.41) is 16.5. The number of hydrazone groups is 1. The predicted molar refractivity (Wildman–Crippen MR) is 129 cm³/mol. The second kappa shape index (κ2) is 7.92. The van der Waals surface area contributed by atoms with E-state index >= 15 is 0 Å². The highest BCUT2D eigenvalue weighted by atomic mass is 79.9. The number of aromatic hydroxyl groups is 1. The maximum absolute atomic E-state index is 13.1. The summed E-state index contributed by atoms with van der Waals surface area (Å²) in [4.78, 5) is 53.1. The number of amides is 2. The third-order valence-corrected chi connectivity index (χ3v) is 6.21. The molecular formula is C24H15BrN4O5. The van der Waals surface area contributed by atoms with Crippen LogP contribution < -0.4 is 11.2 Å². The summed E-state index contributed by atoms with van der Waals surface area (Å²) < 4.78 is 1.64. The zero-order valence-electron chi connectivity index (χ0n) is 17.6. The molecule has 0 fully saturated rings. The van der Waals surface area contributed by atoms with Crippen LogP contribution in [0.25, 0.3) is 16.5 Å². The molecule has 0 saturated heterocycles. The van der Waals surface area contributed by atoms with E-state index in [1.54, 1.807) is 48.5 Å². The highest BCUT2D eigenvalue weighted by Crippen LogP contribution is 2.34. The van der Waals surface area contributed by atoms with E-state index in [1.807, 2.05) is 13.0 Å². The van der Waals surface area contributed by atoms with Crippen molar-refractivity contribution < 1.29 is 14.7 Å². The van der Waals surface area contributed by atoms with Gasteiger partial charge in [0.15, 0.2) is 0 Å². The lowest BCUT2D eigenvalue weighted by Crippen LogP contribution is -2.37. The lowest BCUT2D eigenvalue weighted by Gasteiger charge is -2.23. The fourth-order valence-corrected chi connectivity index (χ4v) is 4.39. The molecule has 10 heteroatoms. The lowest BCUT2D eigenvalue weighted by molar-refractivity contribution is 0.0616. The number of rotatable bonds is 3. The average Bonchev–Trinajstić information content (AvgIpc) is 2.80. The number of carbonyl (C=O) groups excluding carboxylic acids is 2. The SMILES string of the molecule is Cc1cccc(-n2c(O)c(C=NN3C(=O)c4cccc5c(Br)ccc(c45)C3=O)c(=O)[nH]c2=O)c1. The molecule has 3 aromatic carbocycles. The van der Waals surface area contributed by atoms with Crippen LogP contribution in [0.3, 0.4) is 0 Å². The molecular weight excluding hydrogens is 504 g/mol. The van der Waals surface area contributed by atoms with Gasteiger partial charge < -0.3 is 5.11 Å². The molecule has 2 heterocycles. The molecule has 0 saturated carbocycles. The number of hydrogen-bond acceptors (Lipinski definition) is 6. The van der Waals surface area contributed by atoms with Crippen molar-refractivity contribution in [3.8, 4) is 11.6 Å². The van der Waals surface area contributed by atoms with E-state index in [0.717, 1.165) is 20.8 Å². The predicted octanol–water partition coefficient (Wildman–Crippen LogP) is 3.09. The van der Waals surface area contributed by atoms with Gasteiger partial charge in [-0.25, -0.2) is 9.36 Å². The molecule has 1 aliphatic heterocycles. The zero-order valence-corrected chi connectivity index (χ0v) is 19.2. The van der Waals surface area contributed by atoms with E-state index < -0.39 is 28.9 Å². The van der Waals surface area contributed by atoms with Crippen LogP contribution in [0.4, 0.5) is 0 Å². The largest absolute Gasteiger partial charge is 0.493 e. The van der Waals surface area contributed by atoms with Crippen molar-refractivity contribution in [2.24, 2.45) is 5.10 Å². The van der Waals surface area contributed by atoms with Crippen molar-refractivity contribution in [2.75, 3.05) is 0 Å². The van der Waals surface area contributed by atoms with Gasteiger partial charge >= 0.3 is 5.69 Å². The molecule has 0 radical (unpaired) electrons. The van der Waals surface area contributed by atoms with Crippen molar-refractivity contribution in [2.45, 2.75) is 6.92 Å². The number of imide groups is 1. The average molecular weight is 519 g/mol. The van der Waals surface area contributed by atoms with Gasteiger partial charge in [-0.1, -0.05) is 40.2 Å². The summed E-state index contributed by atoms with van der Waals surface area (Å²) in [5.41, 5.74) is -0.456. The number of carbonyl (C=O) groups is 2. The van der Waals surface area contributed by atoms with Crippen LogP contribution >= 0.6 is 15.9 Å². The molecule has 1 aromatic heterocycles. The van der Waals surface area contributed by atoms with Crippen LogP contribution in [0.2, 0.25) is 0 Å². The number of benzene rings is 3. The minimum absolute atomic E-state index is 0.272. The Morgan fingerprint density at radius 1 is 0.971 bits per heavy atom. The van der Waals surface area contributed by atoms with Crippen LogP contribution in [0.5, 0.6) is 5.88 Å². The lowest BCUT2D eigenvalue weighted by atomic mass is 9.95. The van der Waals surface area contributed by atoms with Crippen LogP contribution in [0.1, 0.15) is 31.8 Å². The summed E-state index contributed by atoms with van der Waals surface area (Å²) in [6, 6.07) is 15.1. The van der Waals surface area contributed by atoms with Gasteiger partial charge in [0.25, 0.3) is 17.4 Å².